The Morgan fingerprint density at radius 1 is 1.09 bits per heavy atom. The van der Waals surface area contributed by atoms with Gasteiger partial charge < -0.3 is 10.1 Å². The first-order chi connectivity index (χ1) is 15.7. The smallest absolute Gasteiger partial charge is 0.409 e. The van der Waals surface area contributed by atoms with Crippen LogP contribution in [0.4, 0.5) is 10.5 Å². The van der Waals surface area contributed by atoms with E-state index in [1.165, 1.54) is 24.0 Å². The first kappa shape index (κ1) is 20.8. The monoisotopic (exact) mass is 430 g/mol. The molecule has 0 spiro atoms. The molecule has 5 rings (SSSR count). The first-order valence-electron chi connectivity index (χ1n) is 11.5. The molecule has 1 aromatic heterocycles. The average Bonchev–Trinajstić information content (AvgIpc) is 3.36. The number of hydrogen-bond acceptors (Lipinski definition) is 3. The number of likely N-dealkylation sites (tertiary alicyclic amines) is 1. The molecule has 1 amide bonds. The van der Waals surface area contributed by atoms with Crippen LogP contribution in [0, 0.1) is 17.8 Å². The molecular weight excluding hydrogens is 400 g/mol. The van der Waals surface area contributed by atoms with Crippen molar-refractivity contribution >= 4 is 11.8 Å². The van der Waals surface area contributed by atoms with Crippen molar-refractivity contribution in [1.29, 1.82) is 0 Å². The van der Waals surface area contributed by atoms with Crippen LogP contribution < -0.4 is 5.32 Å². The number of rotatable bonds is 7. The first-order valence-corrected chi connectivity index (χ1v) is 11.5. The summed E-state index contributed by atoms with van der Waals surface area (Å²) in [5.74, 6) is 2.06. The van der Waals surface area contributed by atoms with Gasteiger partial charge >= 0.3 is 6.09 Å². The molecule has 6 heteroatoms. The number of amides is 1. The summed E-state index contributed by atoms with van der Waals surface area (Å²) >= 11 is 0. The summed E-state index contributed by atoms with van der Waals surface area (Å²) in [5, 5.41) is 11.9. The van der Waals surface area contributed by atoms with Gasteiger partial charge in [0.15, 0.2) is 0 Å². The van der Waals surface area contributed by atoms with Crippen molar-refractivity contribution in [2.45, 2.75) is 32.2 Å². The van der Waals surface area contributed by atoms with Crippen LogP contribution in [-0.2, 0) is 19.4 Å². The summed E-state index contributed by atoms with van der Waals surface area (Å²) in [5.41, 5.74) is 5.37. The van der Waals surface area contributed by atoms with Crippen LogP contribution in [-0.4, -0.2) is 39.2 Å². The molecule has 32 heavy (non-hydrogen) atoms. The van der Waals surface area contributed by atoms with Crippen LogP contribution in [0.1, 0.15) is 35.2 Å². The molecule has 2 aromatic carbocycles. The van der Waals surface area contributed by atoms with E-state index in [1.807, 2.05) is 18.3 Å². The lowest BCUT2D eigenvalue weighted by Gasteiger charge is -2.38. The molecular formula is C26H30N4O2. The minimum atomic E-state index is -1.03. The Kier molecular flexibility index (Phi) is 5.95. The Balaban J connectivity index is 1.34. The standard InChI is InChI=1S/C26H30N4O2/c31-26(32)29-25-8-4-7-19(24(25)12-22-13-27-17-28-22)11-23-20-9-10-21(23)16-30(15-20)14-18-5-2-1-3-6-18/h1-8,13,17,20-21,23,29H,9-12,14-16H2,(H,27,28)(H,31,32). The zero-order valence-electron chi connectivity index (χ0n) is 18.2. The molecule has 1 saturated heterocycles. The van der Waals surface area contributed by atoms with Gasteiger partial charge in [0.05, 0.1) is 6.33 Å². The molecule has 3 N–H and O–H groups in total. The van der Waals surface area contributed by atoms with E-state index < -0.39 is 6.09 Å². The van der Waals surface area contributed by atoms with Crippen LogP contribution in [0.2, 0.25) is 0 Å². The maximum absolute atomic E-state index is 11.4. The molecule has 1 aliphatic carbocycles. The Morgan fingerprint density at radius 3 is 2.56 bits per heavy atom. The molecule has 2 fully saturated rings. The minimum Gasteiger partial charge on any atom is -0.465 e. The number of hydrogen-bond donors (Lipinski definition) is 3. The second kappa shape index (κ2) is 9.17. The molecule has 1 saturated carbocycles. The topological polar surface area (TPSA) is 81.2 Å². The van der Waals surface area contributed by atoms with Crippen molar-refractivity contribution in [3.8, 4) is 0 Å². The van der Waals surface area contributed by atoms with Crippen molar-refractivity contribution in [2.75, 3.05) is 18.4 Å². The molecule has 6 nitrogen and oxygen atoms in total. The number of benzene rings is 2. The Bertz CT molecular complexity index is 1040. The largest absolute Gasteiger partial charge is 0.465 e. The summed E-state index contributed by atoms with van der Waals surface area (Å²) in [6.07, 6.45) is 6.70. The highest BCUT2D eigenvalue weighted by atomic mass is 16.4. The summed E-state index contributed by atoms with van der Waals surface area (Å²) in [6, 6.07) is 16.8. The second-order valence-corrected chi connectivity index (χ2v) is 9.27. The Labute approximate surface area is 188 Å². The average molecular weight is 431 g/mol. The minimum absolute atomic E-state index is 0.647. The van der Waals surface area contributed by atoms with Crippen molar-refractivity contribution in [3.05, 3.63) is 83.4 Å². The fourth-order valence-corrected chi connectivity index (χ4v) is 5.83. The SMILES string of the molecule is O=C(O)Nc1cccc(CC2C3CCC2CN(Cc2ccccc2)C3)c1Cc1cnc[nH]1. The van der Waals surface area contributed by atoms with Crippen LogP contribution in [0.5, 0.6) is 0 Å². The van der Waals surface area contributed by atoms with E-state index >= 15 is 0 Å². The Morgan fingerprint density at radius 2 is 1.88 bits per heavy atom. The van der Waals surface area contributed by atoms with Gasteiger partial charge in [0, 0.05) is 43.6 Å². The molecule has 0 radical (unpaired) electrons. The summed E-state index contributed by atoms with van der Waals surface area (Å²) in [6.45, 7) is 3.33. The highest BCUT2D eigenvalue weighted by Crippen LogP contribution is 2.44. The predicted molar refractivity (Wildman–Crippen MR) is 125 cm³/mol. The van der Waals surface area contributed by atoms with E-state index in [0.29, 0.717) is 29.9 Å². The van der Waals surface area contributed by atoms with Crippen molar-refractivity contribution < 1.29 is 9.90 Å². The van der Waals surface area contributed by atoms with Gasteiger partial charge in [-0.1, -0.05) is 42.5 Å². The number of nitrogens with zero attached hydrogens (tertiary/aromatic N) is 2. The number of anilines is 1. The number of aromatic amines is 1. The van der Waals surface area contributed by atoms with E-state index in [4.69, 9.17) is 0 Å². The van der Waals surface area contributed by atoms with Gasteiger partial charge in [-0.3, -0.25) is 10.2 Å². The molecule has 2 bridgehead atoms. The zero-order chi connectivity index (χ0) is 21.9. The lowest BCUT2D eigenvalue weighted by atomic mass is 9.79. The molecule has 2 heterocycles. The third kappa shape index (κ3) is 4.55. The second-order valence-electron chi connectivity index (χ2n) is 9.27. The van der Waals surface area contributed by atoms with E-state index in [0.717, 1.165) is 37.3 Å². The van der Waals surface area contributed by atoms with Crippen LogP contribution in [0.3, 0.4) is 0 Å². The number of fused-ring (bicyclic) bond motifs is 2. The normalized spacial score (nSPS) is 22.7. The van der Waals surface area contributed by atoms with Crippen LogP contribution >= 0.6 is 0 Å². The fraction of sp³-hybridized carbons (Fsp3) is 0.385. The van der Waals surface area contributed by atoms with E-state index in [2.05, 4.69) is 56.6 Å². The number of H-pyrrole nitrogens is 1. The summed E-state index contributed by atoms with van der Waals surface area (Å²) in [7, 11) is 0. The van der Waals surface area contributed by atoms with Crippen molar-refractivity contribution in [2.24, 2.45) is 17.8 Å². The van der Waals surface area contributed by atoms with E-state index in [-0.39, 0.29) is 0 Å². The number of nitrogens with one attached hydrogen (secondary N) is 2. The molecule has 2 unspecified atom stereocenters. The van der Waals surface area contributed by atoms with Gasteiger partial charge in [0.1, 0.15) is 0 Å². The maximum atomic E-state index is 11.4. The molecule has 1 aliphatic heterocycles. The molecule has 2 atom stereocenters. The maximum Gasteiger partial charge on any atom is 0.409 e. The molecule has 2 aliphatic rings. The highest BCUT2D eigenvalue weighted by molar-refractivity contribution is 5.84. The van der Waals surface area contributed by atoms with Gasteiger partial charge in [0.2, 0.25) is 0 Å². The van der Waals surface area contributed by atoms with Crippen molar-refractivity contribution in [1.82, 2.24) is 14.9 Å². The number of carboxylic acid groups (broad SMARTS) is 1. The highest BCUT2D eigenvalue weighted by Gasteiger charge is 2.41. The lowest BCUT2D eigenvalue weighted by molar-refractivity contribution is 0.103. The van der Waals surface area contributed by atoms with Gasteiger partial charge in [-0.05, 0) is 59.8 Å². The van der Waals surface area contributed by atoms with Crippen LogP contribution in [0.15, 0.2) is 61.1 Å². The molecule has 166 valence electrons. The van der Waals surface area contributed by atoms with Crippen LogP contribution in [0.25, 0.3) is 0 Å². The Hall–Kier alpha value is -3.12. The van der Waals surface area contributed by atoms with E-state index in [1.54, 1.807) is 6.33 Å². The van der Waals surface area contributed by atoms with E-state index in [9.17, 15) is 9.90 Å². The summed E-state index contributed by atoms with van der Waals surface area (Å²) < 4.78 is 0. The number of piperidine rings is 1. The zero-order valence-corrected chi connectivity index (χ0v) is 18.2. The third-order valence-electron chi connectivity index (χ3n) is 7.25. The third-order valence-corrected chi connectivity index (χ3v) is 7.25. The number of imidazole rings is 1. The van der Waals surface area contributed by atoms with Gasteiger partial charge in [-0.2, -0.15) is 0 Å². The van der Waals surface area contributed by atoms with Gasteiger partial charge in [0.25, 0.3) is 0 Å². The van der Waals surface area contributed by atoms with Gasteiger partial charge in [-0.15, -0.1) is 0 Å². The van der Waals surface area contributed by atoms with Crippen molar-refractivity contribution in [3.63, 3.8) is 0 Å². The molecule has 3 aromatic rings. The summed E-state index contributed by atoms with van der Waals surface area (Å²) in [4.78, 5) is 21.3. The number of aromatic nitrogens is 2. The quantitative estimate of drug-likeness (QED) is 0.503. The lowest BCUT2D eigenvalue weighted by Crippen LogP contribution is -2.42. The predicted octanol–water partition coefficient (Wildman–Crippen LogP) is 4.79. The number of carbonyl (C=O) groups is 1. The van der Waals surface area contributed by atoms with Gasteiger partial charge in [-0.25, -0.2) is 9.78 Å². The fourth-order valence-electron chi connectivity index (χ4n) is 5.83.